The van der Waals surface area contributed by atoms with Crippen LogP contribution in [0, 0.1) is 0 Å². The van der Waals surface area contributed by atoms with Crippen LogP contribution in [-0.2, 0) is 0 Å². The van der Waals surface area contributed by atoms with E-state index in [1.54, 1.807) is 0 Å². The molecule has 0 radical (unpaired) electrons. The van der Waals surface area contributed by atoms with Crippen molar-refractivity contribution in [3.05, 3.63) is 230 Å². The number of fused-ring (bicyclic) bond motifs is 7. The van der Waals surface area contributed by atoms with Crippen molar-refractivity contribution < 1.29 is 8.83 Å². The predicted octanol–water partition coefficient (Wildman–Crippen LogP) is 16.9. The van der Waals surface area contributed by atoms with Crippen molar-refractivity contribution in [3.63, 3.8) is 0 Å². The molecule has 8 aromatic carbocycles. The second kappa shape index (κ2) is 15.6. The Morgan fingerprint density at radius 3 is 1.95 bits per heavy atom. The zero-order chi connectivity index (χ0) is 41.6. The molecule has 296 valence electrons. The van der Waals surface area contributed by atoms with Gasteiger partial charge in [0.15, 0.2) is 0 Å². The highest BCUT2D eigenvalue weighted by molar-refractivity contribution is 6.09. The summed E-state index contributed by atoms with van der Waals surface area (Å²) in [6.45, 7) is 6.38. The smallest absolute Gasteiger partial charge is 0.143 e. The third-order valence-corrected chi connectivity index (χ3v) is 12.4. The molecule has 3 heteroatoms. The van der Waals surface area contributed by atoms with Crippen molar-refractivity contribution in [2.45, 2.75) is 19.3 Å². The average Bonchev–Trinajstić information content (AvgIpc) is 3.91. The lowest BCUT2D eigenvalue weighted by Gasteiger charge is -2.22. The molecule has 1 unspecified atom stereocenters. The van der Waals surface area contributed by atoms with Gasteiger partial charge in [0.05, 0.1) is 0 Å². The lowest BCUT2D eigenvalue weighted by molar-refractivity contribution is 0.585. The summed E-state index contributed by atoms with van der Waals surface area (Å²) in [5, 5.41) is 5.93. The first kappa shape index (κ1) is 37.1. The quantitative estimate of drug-likeness (QED) is 0.136. The first-order chi connectivity index (χ1) is 30.6. The van der Waals surface area contributed by atoms with Crippen LogP contribution < -0.4 is 4.90 Å². The standard InChI is InChI=1S/C59H43NO2/c1-3-12-42(50-20-11-22-54-57-39(2)13-8-24-56(57)62-59(50)54)37-38-60(47-35-31-45(32-36-47)51-19-10-21-53-52-17-6-7-23-55(52)61-58(51)53)46-33-29-41(30-34-46)40-25-27-44(28-26-40)49-18-9-15-43-14-4-5-16-48(43)49/h3-12,14-39H,1,13H2,2H3/b38-37-,42-12+. The van der Waals surface area contributed by atoms with E-state index in [4.69, 9.17) is 8.83 Å². The normalized spacial score (nSPS) is 14.0. The van der Waals surface area contributed by atoms with Gasteiger partial charge < -0.3 is 13.7 Å². The highest BCUT2D eigenvalue weighted by Crippen LogP contribution is 2.42. The number of para-hydroxylation sites is 3. The fourth-order valence-electron chi connectivity index (χ4n) is 9.26. The molecule has 0 N–H and O–H groups in total. The van der Waals surface area contributed by atoms with Gasteiger partial charge in [-0.1, -0.05) is 177 Å². The Balaban J connectivity index is 0.963. The highest BCUT2D eigenvalue weighted by atomic mass is 16.3. The molecular weight excluding hydrogens is 755 g/mol. The van der Waals surface area contributed by atoms with Crippen molar-refractivity contribution >= 4 is 66.7 Å². The third kappa shape index (κ3) is 6.56. The van der Waals surface area contributed by atoms with Gasteiger partial charge >= 0.3 is 0 Å². The molecule has 10 aromatic rings. The largest absolute Gasteiger partial charge is 0.456 e. The van der Waals surface area contributed by atoms with Crippen LogP contribution in [-0.4, -0.2) is 0 Å². The fraction of sp³-hybridized carbons (Fsp3) is 0.0508. The number of rotatable bonds is 9. The van der Waals surface area contributed by atoms with Gasteiger partial charge in [0, 0.05) is 50.4 Å². The summed E-state index contributed by atoms with van der Waals surface area (Å²) in [5.41, 5.74) is 15.0. The Kier molecular flexibility index (Phi) is 9.36. The fourth-order valence-corrected chi connectivity index (χ4v) is 9.26. The average molecular weight is 798 g/mol. The van der Waals surface area contributed by atoms with Crippen molar-refractivity contribution in [1.29, 1.82) is 0 Å². The molecule has 11 rings (SSSR count). The molecule has 0 fully saturated rings. The lowest BCUT2D eigenvalue weighted by Crippen LogP contribution is -2.08. The molecule has 0 bridgehead atoms. The number of anilines is 2. The first-order valence-electron chi connectivity index (χ1n) is 21.3. The van der Waals surface area contributed by atoms with Gasteiger partial charge in [-0.15, -0.1) is 0 Å². The number of hydrogen-bond acceptors (Lipinski definition) is 3. The maximum absolute atomic E-state index is 6.59. The molecule has 1 aliphatic carbocycles. The molecule has 2 aromatic heterocycles. The molecule has 0 aliphatic heterocycles. The van der Waals surface area contributed by atoms with E-state index in [2.05, 4.69) is 213 Å². The summed E-state index contributed by atoms with van der Waals surface area (Å²) in [6.07, 6.45) is 13.6. The van der Waals surface area contributed by atoms with Crippen molar-refractivity contribution in [2.24, 2.45) is 0 Å². The van der Waals surface area contributed by atoms with Gasteiger partial charge in [-0.25, -0.2) is 0 Å². The van der Waals surface area contributed by atoms with Crippen molar-refractivity contribution in [3.8, 4) is 33.4 Å². The van der Waals surface area contributed by atoms with Crippen LogP contribution in [0.1, 0.15) is 36.1 Å². The van der Waals surface area contributed by atoms with E-state index in [0.717, 1.165) is 78.9 Å². The van der Waals surface area contributed by atoms with Crippen molar-refractivity contribution in [1.82, 2.24) is 0 Å². The van der Waals surface area contributed by atoms with E-state index >= 15 is 0 Å². The number of allylic oxidation sites excluding steroid dienone is 5. The molecule has 1 atom stereocenters. The summed E-state index contributed by atoms with van der Waals surface area (Å²) in [6, 6.07) is 62.7. The number of benzene rings is 8. The Morgan fingerprint density at radius 2 is 1.16 bits per heavy atom. The highest BCUT2D eigenvalue weighted by Gasteiger charge is 2.23. The third-order valence-electron chi connectivity index (χ3n) is 12.4. The molecule has 0 saturated carbocycles. The molecule has 1 aliphatic rings. The second-order valence-corrected chi connectivity index (χ2v) is 16.1. The van der Waals surface area contributed by atoms with Gasteiger partial charge in [0.2, 0.25) is 0 Å². The predicted molar refractivity (Wildman–Crippen MR) is 262 cm³/mol. The first-order valence-corrected chi connectivity index (χ1v) is 21.3. The van der Waals surface area contributed by atoms with Gasteiger partial charge in [-0.2, -0.15) is 0 Å². The van der Waals surface area contributed by atoms with Gasteiger partial charge in [-0.05, 0) is 99.0 Å². The molecule has 62 heavy (non-hydrogen) atoms. The Hall–Kier alpha value is -7.88. The zero-order valence-corrected chi connectivity index (χ0v) is 34.5. The Labute approximate surface area is 361 Å². The van der Waals surface area contributed by atoms with E-state index < -0.39 is 0 Å². The van der Waals surface area contributed by atoms with Crippen LogP contribution in [0.4, 0.5) is 11.4 Å². The molecular formula is C59H43NO2. The Bertz CT molecular complexity index is 3390. The van der Waals surface area contributed by atoms with Crippen LogP contribution in [0.25, 0.3) is 88.7 Å². The SMILES string of the molecule is C=C/C=C(\C=C/N(c1ccc(-c2ccc(-c3cccc4ccccc34)cc2)cc1)c1ccc(-c2cccc3c2oc2ccccc23)cc1)c1cccc2c3c(oc12)C=CCC3C. The van der Waals surface area contributed by atoms with Crippen LogP contribution in [0.2, 0.25) is 0 Å². The van der Waals surface area contributed by atoms with Crippen LogP contribution in [0.5, 0.6) is 0 Å². The summed E-state index contributed by atoms with van der Waals surface area (Å²) in [4.78, 5) is 2.24. The minimum Gasteiger partial charge on any atom is -0.456 e. The topological polar surface area (TPSA) is 29.5 Å². The minimum atomic E-state index is 0.399. The summed E-state index contributed by atoms with van der Waals surface area (Å²) >= 11 is 0. The van der Waals surface area contributed by atoms with E-state index in [1.165, 1.54) is 38.4 Å². The van der Waals surface area contributed by atoms with E-state index in [0.29, 0.717) is 5.92 Å². The second-order valence-electron chi connectivity index (χ2n) is 16.1. The van der Waals surface area contributed by atoms with Crippen LogP contribution in [0.15, 0.2) is 222 Å². The molecule has 2 heterocycles. The lowest BCUT2D eigenvalue weighted by atomic mass is 9.90. The molecule has 0 amide bonds. The molecule has 0 spiro atoms. The van der Waals surface area contributed by atoms with Crippen molar-refractivity contribution in [2.75, 3.05) is 4.90 Å². The van der Waals surface area contributed by atoms with Gasteiger partial charge in [0.25, 0.3) is 0 Å². The summed E-state index contributed by atoms with van der Waals surface area (Å²) in [7, 11) is 0. The van der Waals surface area contributed by atoms with Gasteiger partial charge in [0.1, 0.15) is 22.5 Å². The summed E-state index contributed by atoms with van der Waals surface area (Å²) in [5.74, 6) is 1.35. The van der Waals surface area contributed by atoms with Gasteiger partial charge in [-0.3, -0.25) is 0 Å². The van der Waals surface area contributed by atoms with Crippen LogP contribution >= 0.6 is 0 Å². The molecule has 3 nitrogen and oxygen atoms in total. The Morgan fingerprint density at radius 1 is 0.565 bits per heavy atom. The zero-order valence-electron chi connectivity index (χ0n) is 34.5. The number of nitrogens with zero attached hydrogens (tertiary/aromatic N) is 1. The summed E-state index contributed by atoms with van der Waals surface area (Å²) < 4.78 is 13.0. The number of hydrogen-bond donors (Lipinski definition) is 0. The maximum Gasteiger partial charge on any atom is 0.143 e. The number of furan rings is 2. The monoisotopic (exact) mass is 797 g/mol. The van der Waals surface area contributed by atoms with E-state index in [-0.39, 0.29) is 0 Å². The van der Waals surface area contributed by atoms with E-state index in [1.807, 2.05) is 18.2 Å². The molecule has 0 saturated heterocycles. The van der Waals surface area contributed by atoms with E-state index in [9.17, 15) is 0 Å². The minimum absolute atomic E-state index is 0.399. The van der Waals surface area contributed by atoms with Crippen LogP contribution in [0.3, 0.4) is 0 Å². The maximum atomic E-state index is 6.59.